The Kier molecular flexibility index (Phi) is 4.18. The van der Waals surface area contributed by atoms with Gasteiger partial charge in [-0.25, -0.2) is 0 Å². The Balaban J connectivity index is 2.85. The van der Waals surface area contributed by atoms with Gasteiger partial charge in [0, 0.05) is 18.2 Å². The van der Waals surface area contributed by atoms with Crippen molar-refractivity contribution in [1.29, 1.82) is 0 Å². The molecule has 1 aromatic carbocycles. The SMILES string of the molecule is C=CCNC(C)c1cc(OC)ccc1O. The lowest BCUT2D eigenvalue weighted by molar-refractivity contribution is 0.408. The number of phenolic OH excluding ortho intramolecular Hbond substituents is 1. The van der Waals surface area contributed by atoms with Crippen molar-refractivity contribution in [2.75, 3.05) is 13.7 Å². The number of hydrogen-bond acceptors (Lipinski definition) is 3. The van der Waals surface area contributed by atoms with E-state index in [1.54, 1.807) is 25.3 Å². The molecule has 0 heterocycles. The number of ether oxygens (including phenoxy) is 1. The molecule has 3 heteroatoms. The minimum atomic E-state index is 0.0677. The molecule has 1 aromatic rings. The normalized spacial score (nSPS) is 12.1. The van der Waals surface area contributed by atoms with Crippen molar-refractivity contribution < 1.29 is 9.84 Å². The van der Waals surface area contributed by atoms with Gasteiger partial charge in [-0.1, -0.05) is 6.08 Å². The van der Waals surface area contributed by atoms with E-state index in [-0.39, 0.29) is 11.8 Å². The van der Waals surface area contributed by atoms with Gasteiger partial charge in [0.15, 0.2) is 0 Å². The molecule has 0 saturated carbocycles. The van der Waals surface area contributed by atoms with E-state index in [2.05, 4.69) is 11.9 Å². The molecule has 0 radical (unpaired) electrons. The molecule has 1 unspecified atom stereocenters. The highest BCUT2D eigenvalue weighted by atomic mass is 16.5. The summed E-state index contributed by atoms with van der Waals surface area (Å²) in [5, 5.41) is 12.9. The van der Waals surface area contributed by atoms with Gasteiger partial charge in [-0.3, -0.25) is 0 Å². The second kappa shape index (κ2) is 5.41. The van der Waals surface area contributed by atoms with Crippen LogP contribution in [0.4, 0.5) is 0 Å². The Bertz CT molecular complexity index is 336. The third-order valence-corrected chi connectivity index (χ3v) is 2.27. The van der Waals surface area contributed by atoms with Gasteiger partial charge in [0.05, 0.1) is 7.11 Å². The van der Waals surface area contributed by atoms with Gasteiger partial charge >= 0.3 is 0 Å². The maximum atomic E-state index is 9.68. The molecule has 0 bridgehead atoms. The van der Waals surface area contributed by atoms with Crippen LogP contribution in [-0.4, -0.2) is 18.8 Å². The first-order valence-electron chi connectivity index (χ1n) is 4.90. The third kappa shape index (κ3) is 2.99. The first kappa shape index (κ1) is 11.6. The van der Waals surface area contributed by atoms with Crippen LogP contribution in [0.25, 0.3) is 0 Å². The Morgan fingerprint density at radius 1 is 1.60 bits per heavy atom. The van der Waals surface area contributed by atoms with E-state index in [1.807, 2.05) is 13.0 Å². The van der Waals surface area contributed by atoms with Gasteiger partial charge in [-0.05, 0) is 25.1 Å². The molecular weight excluding hydrogens is 190 g/mol. The van der Waals surface area contributed by atoms with Crippen molar-refractivity contribution in [3.05, 3.63) is 36.4 Å². The molecule has 1 rings (SSSR count). The van der Waals surface area contributed by atoms with Gasteiger partial charge in [-0.2, -0.15) is 0 Å². The molecule has 0 aromatic heterocycles. The zero-order valence-electron chi connectivity index (χ0n) is 9.16. The van der Waals surface area contributed by atoms with Crippen LogP contribution in [0, 0.1) is 0 Å². The van der Waals surface area contributed by atoms with Gasteiger partial charge in [0.2, 0.25) is 0 Å². The van der Waals surface area contributed by atoms with Crippen LogP contribution in [-0.2, 0) is 0 Å². The summed E-state index contributed by atoms with van der Waals surface area (Å²) >= 11 is 0. The molecule has 0 aliphatic rings. The molecule has 0 spiro atoms. The fourth-order valence-corrected chi connectivity index (χ4v) is 1.38. The minimum absolute atomic E-state index is 0.0677. The standard InChI is InChI=1S/C12H17NO2/c1-4-7-13-9(2)11-8-10(15-3)5-6-12(11)14/h4-6,8-9,13-14H,1,7H2,2-3H3. The smallest absolute Gasteiger partial charge is 0.120 e. The third-order valence-electron chi connectivity index (χ3n) is 2.27. The molecule has 0 fully saturated rings. The monoisotopic (exact) mass is 207 g/mol. The lowest BCUT2D eigenvalue weighted by atomic mass is 10.1. The van der Waals surface area contributed by atoms with Gasteiger partial charge < -0.3 is 15.2 Å². The van der Waals surface area contributed by atoms with E-state index < -0.39 is 0 Å². The van der Waals surface area contributed by atoms with Crippen molar-refractivity contribution in [3.63, 3.8) is 0 Å². The predicted molar refractivity (Wildman–Crippen MR) is 61.3 cm³/mol. The molecule has 2 N–H and O–H groups in total. The molecule has 15 heavy (non-hydrogen) atoms. The molecule has 82 valence electrons. The largest absolute Gasteiger partial charge is 0.508 e. The summed E-state index contributed by atoms with van der Waals surface area (Å²) in [5.41, 5.74) is 0.830. The molecular formula is C12H17NO2. The minimum Gasteiger partial charge on any atom is -0.508 e. The number of methoxy groups -OCH3 is 1. The van der Waals surface area contributed by atoms with E-state index in [4.69, 9.17) is 4.74 Å². The van der Waals surface area contributed by atoms with Crippen LogP contribution in [0.2, 0.25) is 0 Å². The highest BCUT2D eigenvalue weighted by Gasteiger charge is 2.10. The average molecular weight is 207 g/mol. The summed E-state index contributed by atoms with van der Waals surface area (Å²) in [6.45, 7) is 6.32. The van der Waals surface area contributed by atoms with Crippen molar-refractivity contribution >= 4 is 0 Å². The molecule has 0 amide bonds. The fourth-order valence-electron chi connectivity index (χ4n) is 1.38. The molecule has 0 aliphatic heterocycles. The van der Waals surface area contributed by atoms with Gasteiger partial charge in [-0.15, -0.1) is 6.58 Å². The fraction of sp³-hybridized carbons (Fsp3) is 0.333. The van der Waals surface area contributed by atoms with Crippen LogP contribution < -0.4 is 10.1 Å². The van der Waals surface area contributed by atoms with E-state index in [0.29, 0.717) is 6.54 Å². The van der Waals surface area contributed by atoms with Crippen molar-refractivity contribution in [1.82, 2.24) is 5.32 Å². The summed E-state index contributed by atoms with van der Waals surface area (Å²) in [7, 11) is 1.61. The Morgan fingerprint density at radius 3 is 2.93 bits per heavy atom. The zero-order valence-corrected chi connectivity index (χ0v) is 9.16. The average Bonchev–Trinajstić information content (AvgIpc) is 2.26. The first-order valence-corrected chi connectivity index (χ1v) is 4.90. The maximum absolute atomic E-state index is 9.68. The van der Waals surface area contributed by atoms with E-state index in [1.165, 1.54) is 0 Å². The molecule has 0 saturated heterocycles. The van der Waals surface area contributed by atoms with Crippen LogP contribution >= 0.6 is 0 Å². The number of benzene rings is 1. The number of rotatable bonds is 5. The molecule has 0 aliphatic carbocycles. The summed E-state index contributed by atoms with van der Waals surface area (Å²) in [6.07, 6.45) is 1.79. The number of nitrogens with one attached hydrogen (secondary N) is 1. The number of hydrogen-bond donors (Lipinski definition) is 2. The second-order valence-electron chi connectivity index (χ2n) is 3.34. The lowest BCUT2D eigenvalue weighted by Crippen LogP contribution is -2.18. The maximum Gasteiger partial charge on any atom is 0.120 e. The summed E-state index contributed by atoms with van der Waals surface area (Å²) in [4.78, 5) is 0. The van der Waals surface area contributed by atoms with Gasteiger partial charge in [0.25, 0.3) is 0 Å². The van der Waals surface area contributed by atoms with Gasteiger partial charge in [0.1, 0.15) is 11.5 Å². The highest BCUT2D eigenvalue weighted by Crippen LogP contribution is 2.27. The van der Waals surface area contributed by atoms with Crippen molar-refractivity contribution in [2.45, 2.75) is 13.0 Å². The predicted octanol–water partition coefficient (Wildman–Crippen LogP) is 2.24. The van der Waals surface area contributed by atoms with Crippen LogP contribution in [0.5, 0.6) is 11.5 Å². The molecule has 1 atom stereocenters. The molecule has 3 nitrogen and oxygen atoms in total. The Labute approximate surface area is 90.4 Å². The number of aromatic hydroxyl groups is 1. The van der Waals surface area contributed by atoms with E-state index in [9.17, 15) is 5.11 Å². The van der Waals surface area contributed by atoms with E-state index >= 15 is 0 Å². The lowest BCUT2D eigenvalue weighted by Gasteiger charge is -2.15. The highest BCUT2D eigenvalue weighted by molar-refractivity contribution is 5.41. The quantitative estimate of drug-likeness (QED) is 0.727. The van der Waals surface area contributed by atoms with E-state index in [0.717, 1.165) is 11.3 Å². The summed E-state index contributed by atoms with van der Waals surface area (Å²) in [5.74, 6) is 1.02. The zero-order chi connectivity index (χ0) is 11.3. The van der Waals surface area contributed by atoms with Crippen LogP contribution in [0.1, 0.15) is 18.5 Å². The van der Waals surface area contributed by atoms with Crippen molar-refractivity contribution in [3.8, 4) is 11.5 Å². The van der Waals surface area contributed by atoms with Crippen LogP contribution in [0.3, 0.4) is 0 Å². The summed E-state index contributed by atoms with van der Waals surface area (Å²) < 4.78 is 5.11. The second-order valence-corrected chi connectivity index (χ2v) is 3.34. The Hall–Kier alpha value is -1.48. The van der Waals surface area contributed by atoms with Crippen LogP contribution in [0.15, 0.2) is 30.9 Å². The first-order chi connectivity index (χ1) is 7.19. The van der Waals surface area contributed by atoms with Crippen molar-refractivity contribution in [2.24, 2.45) is 0 Å². The summed E-state index contributed by atoms with van der Waals surface area (Å²) in [6, 6.07) is 5.27. The number of phenols is 1. The Morgan fingerprint density at radius 2 is 2.33 bits per heavy atom. The topological polar surface area (TPSA) is 41.5 Å².